The standard InChI is InChI=1S/C17H15ClN2OS/c1-10-8-9-14(22-10)15-11(2)19-16(17(18)20-15)12-6-4-5-7-13(12)21-3/h4-9H,1-3H3. The van der Waals surface area contributed by atoms with Gasteiger partial charge in [0.1, 0.15) is 17.1 Å². The number of rotatable bonds is 3. The van der Waals surface area contributed by atoms with Gasteiger partial charge in [-0.1, -0.05) is 23.7 Å². The second-order valence-electron chi connectivity index (χ2n) is 4.91. The molecule has 0 unspecified atom stereocenters. The van der Waals surface area contributed by atoms with Gasteiger partial charge in [0.2, 0.25) is 0 Å². The molecular formula is C17H15ClN2OS. The number of para-hydroxylation sites is 1. The van der Waals surface area contributed by atoms with Gasteiger partial charge in [0.15, 0.2) is 5.15 Å². The van der Waals surface area contributed by atoms with Crippen LogP contribution in [-0.2, 0) is 0 Å². The summed E-state index contributed by atoms with van der Waals surface area (Å²) in [7, 11) is 1.63. The molecule has 0 bridgehead atoms. The van der Waals surface area contributed by atoms with Crippen molar-refractivity contribution in [2.45, 2.75) is 13.8 Å². The van der Waals surface area contributed by atoms with Crippen LogP contribution < -0.4 is 4.74 Å². The molecule has 2 heterocycles. The summed E-state index contributed by atoms with van der Waals surface area (Å²) in [6, 6.07) is 11.8. The normalized spacial score (nSPS) is 10.7. The first-order valence-electron chi connectivity index (χ1n) is 6.84. The van der Waals surface area contributed by atoms with Crippen LogP contribution in [0.2, 0.25) is 5.15 Å². The topological polar surface area (TPSA) is 35.0 Å². The molecule has 0 amide bonds. The summed E-state index contributed by atoms with van der Waals surface area (Å²) < 4.78 is 5.39. The van der Waals surface area contributed by atoms with Gasteiger partial charge in [-0.05, 0) is 38.1 Å². The van der Waals surface area contributed by atoms with E-state index in [1.165, 1.54) is 4.88 Å². The van der Waals surface area contributed by atoms with Gasteiger partial charge in [-0.15, -0.1) is 11.3 Å². The van der Waals surface area contributed by atoms with Gasteiger partial charge in [-0.2, -0.15) is 0 Å². The molecule has 2 aromatic heterocycles. The SMILES string of the molecule is COc1ccccc1-c1nc(C)c(-c2ccc(C)s2)nc1Cl. The van der Waals surface area contributed by atoms with Crippen LogP contribution in [0.4, 0.5) is 0 Å². The van der Waals surface area contributed by atoms with Crippen LogP contribution in [0.5, 0.6) is 5.75 Å². The maximum atomic E-state index is 6.40. The minimum absolute atomic E-state index is 0.385. The summed E-state index contributed by atoms with van der Waals surface area (Å²) in [6.45, 7) is 4.02. The smallest absolute Gasteiger partial charge is 0.156 e. The first-order chi connectivity index (χ1) is 10.6. The highest BCUT2D eigenvalue weighted by molar-refractivity contribution is 7.15. The Bertz CT molecular complexity index is 829. The number of nitrogens with zero attached hydrogens (tertiary/aromatic N) is 2. The third-order valence-electron chi connectivity index (χ3n) is 3.36. The van der Waals surface area contributed by atoms with E-state index in [1.807, 2.05) is 31.2 Å². The molecule has 0 atom stereocenters. The lowest BCUT2D eigenvalue weighted by Gasteiger charge is -2.11. The number of methoxy groups -OCH3 is 1. The van der Waals surface area contributed by atoms with Gasteiger partial charge in [0.05, 0.1) is 17.7 Å². The Hall–Kier alpha value is -1.91. The molecule has 0 aliphatic heterocycles. The van der Waals surface area contributed by atoms with E-state index in [-0.39, 0.29) is 0 Å². The zero-order valence-electron chi connectivity index (χ0n) is 12.6. The van der Waals surface area contributed by atoms with Gasteiger partial charge >= 0.3 is 0 Å². The van der Waals surface area contributed by atoms with Crippen LogP contribution in [0.3, 0.4) is 0 Å². The van der Waals surface area contributed by atoms with Gasteiger partial charge in [0, 0.05) is 10.4 Å². The molecule has 5 heteroatoms. The molecule has 0 saturated heterocycles. The lowest BCUT2D eigenvalue weighted by molar-refractivity contribution is 0.416. The van der Waals surface area contributed by atoms with Crippen LogP contribution >= 0.6 is 22.9 Å². The second kappa shape index (κ2) is 6.07. The van der Waals surface area contributed by atoms with E-state index >= 15 is 0 Å². The summed E-state index contributed by atoms with van der Waals surface area (Å²) >= 11 is 8.08. The fourth-order valence-corrected chi connectivity index (χ4v) is 3.44. The molecule has 112 valence electrons. The quantitative estimate of drug-likeness (QED) is 0.666. The molecule has 3 aromatic rings. The van der Waals surface area contributed by atoms with E-state index in [4.69, 9.17) is 16.3 Å². The van der Waals surface area contributed by atoms with Crippen molar-refractivity contribution in [3.8, 4) is 27.6 Å². The minimum atomic E-state index is 0.385. The molecule has 3 rings (SSSR count). The van der Waals surface area contributed by atoms with Crippen LogP contribution in [0, 0.1) is 13.8 Å². The Labute approximate surface area is 138 Å². The maximum absolute atomic E-state index is 6.40. The number of hydrogen-bond acceptors (Lipinski definition) is 4. The Kier molecular flexibility index (Phi) is 4.14. The van der Waals surface area contributed by atoms with Crippen LogP contribution in [0.15, 0.2) is 36.4 Å². The second-order valence-corrected chi connectivity index (χ2v) is 6.55. The zero-order valence-corrected chi connectivity index (χ0v) is 14.1. The highest BCUT2D eigenvalue weighted by Crippen LogP contribution is 2.35. The number of aromatic nitrogens is 2. The summed E-state index contributed by atoms with van der Waals surface area (Å²) in [5.74, 6) is 0.734. The van der Waals surface area contributed by atoms with Crippen molar-refractivity contribution in [3.05, 3.63) is 52.1 Å². The van der Waals surface area contributed by atoms with Crippen molar-refractivity contribution >= 4 is 22.9 Å². The molecule has 3 nitrogen and oxygen atoms in total. The van der Waals surface area contributed by atoms with Crippen LogP contribution in [0.25, 0.3) is 21.8 Å². The number of benzene rings is 1. The van der Waals surface area contributed by atoms with Crippen LogP contribution in [0.1, 0.15) is 10.6 Å². The third-order valence-corrected chi connectivity index (χ3v) is 4.63. The fraction of sp³-hybridized carbons (Fsp3) is 0.176. The van der Waals surface area contributed by atoms with E-state index < -0.39 is 0 Å². The number of thiophene rings is 1. The molecule has 0 N–H and O–H groups in total. The predicted octanol–water partition coefficient (Wildman–Crippen LogP) is 5.15. The van der Waals surface area contributed by atoms with Crippen molar-refractivity contribution in [1.82, 2.24) is 9.97 Å². The van der Waals surface area contributed by atoms with Crippen LogP contribution in [-0.4, -0.2) is 17.1 Å². The van der Waals surface area contributed by atoms with Crippen molar-refractivity contribution < 1.29 is 4.74 Å². The lowest BCUT2D eigenvalue weighted by atomic mass is 10.1. The molecule has 0 aliphatic carbocycles. The van der Waals surface area contributed by atoms with Crippen molar-refractivity contribution in [2.24, 2.45) is 0 Å². The average Bonchev–Trinajstić information content (AvgIpc) is 2.95. The van der Waals surface area contributed by atoms with Crippen molar-refractivity contribution in [1.29, 1.82) is 0 Å². The molecule has 0 radical (unpaired) electrons. The van der Waals surface area contributed by atoms with Gasteiger partial charge in [-0.25, -0.2) is 9.97 Å². The van der Waals surface area contributed by atoms with Gasteiger partial charge < -0.3 is 4.74 Å². The molecule has 0 spiro atoms. The summed E-state index contributed by atoms with van der Waals surface area (Å²) in [6.07, 6.45) is 0. The number of halogens is 1. The van der Waals surface area contributed by atoms with Gasteiger partial charge in [-0.3, -0.25) is 0 Å². The summed E-state index contributed by atoms with van der Waals surface area (Å²) in [5, 5.41) is 0.385. The molecule has 0 fully saturated rings. The Morgan fingerprint density at radius 3 is 2.45 bits per heavy atom. The zero-order chi connectivity index (χ0) is 15.7. The highest BCUT2D eigenvalue weighted by Gasteiger charge is 2.16. The molecule has 1 aromatic carbocycles. The fourth-order valence-electron chi connectivity index (χ4n) is 2.31. The largest absolute Gasteiger partial charge is 0.496 e. The summed E-state index contributed by atoms with van der Waals surface area (Å²) in [4.78, 5) is 11.6. The number of aryl methyl sites for hydroxylation is 2. The Morgan fingerprint density at radius 1 is 1.00 bits per heavy atom. The van der Waals surface area contributed by atoms with Crippen molar-refractivity contribution in [2.75, 3.05) is 7.11 Å². The lowest BCUT2D eigenvalue weighted by Crippen LogP contribution is -1.97. The Balaban J connectivity index is 2.14. The molecular weight excluding hydrogens is 316 g/mol. The Morgan fingerprint density at radius 2 is 1.77 bits per heavy atom. The number of ether oxygens (including phenoxy) is 1. The maximum Gasteiger partial charge on any atom is 0.156 e. The first kappa shape index (κ1) is 15.0. The van der Waals surface area contributed by atoms with Crippen molar-refractivity contribution in [3.63, 3.8) is 0 Å². The van der Waals surface area contributed by atoms with Gasteiger partial charge in [0.25, 0.3) is 0 Å². The monoisotopic (exact) mass is 330 g/mol. The predicted molar refractivity (Wildman–Crippen MR) is 91.8 cm³/mol. The number of hydrogen-bond donors (Lipinski definition) is 0. The molecule has 0 saturated carbocycles. The van der Waals surface area contributed by atoms with E-state index in [1.54, 1.807) is 18.4 Å². The van der Waals surface area contributed by atoms with E-state index in [2.05, 4.69) is 29.0 Å². The van der Waals surface area contributed by atoms with E-state index in [0.29, 0.717) is 10.8 Å². The summed E-state index contributed by atoms with van der Waals surface area (Å²) in [5.41, 5.74) is 3.18. The molecule has 22 heavy (non-hydrogen) atoms. The average molecular weight is 331 g/mol. The van der Waals surface area contributed by atoms with E-state index in [9.17, 15) is 0 Å². The first-order valence-corrected chi connectivity index (χ1v) is 8.04. The third kappa shape index (κ3) is 2.72. The molecule has 0 aliphatic rings. The minimum Gasteiger partial charge on any atom is -0.496 e. The highest BCUT2D eigenvalue weighted by atomic mass is 35.5. The van der Waals surface area contributed by atoms with E-state index in [0.717, 1.165) is 27.6 Å².